The van der Waals surface area contributed by atoms with Crippen molar-refractivity contribution in [2.24, 2.45) is 0 Å². The second-order valence-electron chi connectivity index (χ2n) is 5.04. The van der Waals surface area contributed by atoms with Gasteiger partial charge in [0.05, 0.1) is 5.69 Å². The topological polar surface area (TPSA) is 79.0 Å². The van der Waals surface area contributed by atoms with Crippen LogP contribution in [0.3, 0.4) is 0 Å². The SMILES string of the molecule is CCCN(CCC)C(=O)Cn1nc(C)c(C)c(C#N)c1=O. The molecule has 1 amide bonds. The van der Waals surface area contributed by atoms with Crippen molar-refractivity contribution in [2.75, 3.05) is 13.1 Å². The van der Waals surface area contributed by atoms with Crippen LogP contribution < -0.4 is 5.56 Å². The van der Waals surface area contributed by atoms with E-state index in [4.69, 9.17) is 5.26 Å². The van der Waals surface area contributed by atoms with E-state index in [0.29, 0.717) is 24.3 Å². The lowest BCUT2D eigenvalue weighted by atomic mass is 10.1. The third kappa shape index (κ3) is 3.91. The Labute approximate surface area is 125 Å². The summed E-state index contributed by atoms with van der Waals surface area (Å²) in [5.74, 6) is -0.138. The number of hydrogen-bond acceptors (Lipinski definition) is 4. The summed E-state index contributed by atoms with van der Waals surface area (Å²) in [5.41, 5.74) is 0.733. The standard InChI is InChI=1S/C15H22N4O2/c1-5-7-18(8-6-2)14(20)10-19-15(21)13(9-16)11(3)12(4)17-19/h5-8,10H2,1-4H3. The second kappa shape index (κ2) is 7.58. The number of amides is 1. The van der Waals surface area contributed by atoms with Gasteiger partial charge >= 0.3 is 0 Å². The fourth-order valence-electron chi connectivity index (χ4n) is 2.14. The van der Waals surface area contributed by atoms with Crippen LogP contribution in [0.4, 0.5) is 0 Å². The highest BCUT2D eigenvalue weighted by Gasteiger charge is 2.17. The lowest BCUT2D eigenvalue weighted by Gasteiger charge is -2.21. The second-order valence-corrected chi connectivity index (χ2v) is 5.04. The Morgan fingerprint density at radius 2 is 1.86 bits per heavy atom. The maximum Gasteiger partial charge on any atom is 0.285 e. The summed E-state index contributed by atoms with van der Waals surface area (Å²) in [6.07, 6.45) is 1.73. The average molecular weight is 290 g/mol. The van der Waals surface area contributed by atoms with Crippen LogP contribution in [0.2, 0.25) is 0 Å². The predicted molar refractivity (Wildman–Crippen MR) is 79.8 cm³/mol. The zero-order valence-electron chi connectivity index (χ0n) is 13.1. The maximum absolute atomic E-state index is 12.3. The van der Waals surface area contributed by atoms with Gasteiger partial charge in [0.2, 0.25) is 5.91 Å². The molecule has 1 aromatic rings. The van der Waals surface area contributed by atoms with Crippen molar-refractivity contribution >= 4 is 5.91 Å². The summed E-state index contributed by atoms with van der Waals surface area (Å²) in [6.45, 7) is 8.64. The third-order valence-electron chi connectivity index (χ3n) is 3.37. The van der Waals surface area contributed by atoms with Gasteiger partial charge < -0.3 is 4.90 Å². The Bertz CT molecular complexity index is 607. The zero-order valence-corrected chi connectivity index (χ0v) is 13.1. The molecule has 1 aromatic heterocycles. The largest absolute Gasteiger partial charge is 0.341 e. The van der Waals surface area contributed by atoms with E-state index in [1.54, 1.807) is 18.7 Å². The molecule has 0 aliphatic carbocycles. The van der Waals surface area contributed by atoms with Gasteiger partial charge in [-0.2, -0.15) is 10.4 Å². The minimum Gasteiger partial charge on any atom is -0.341 e. The van der Waals surface area contributed by atoms with Crippen molar-refractivity contribution < 1.29 is 4.79 Å². The number of carbonyl (C=O) groups is 1. The van der Waals surface area contributed by atoms with Gasteiger partial charge in [-0.05, 0) is 32.3 Å². The Morgan fingerprint density at radius 3 is 2.33 bits per heavy atom. The van der Waals surface area contributed by atoms with Gasteiger partial charge in [-0.1, -0.05) is 13.8 Å². The summed E-state index contributed by atoms with van der Waals surface area (Å²) < 4.78 is 1.10. The molecule has 0 atom stereocenters. The van der Waals surface area contributed by atoms with Crippen molar-refractivity contribution in [1.29, 1.82) is 5.26 Å². The number of aryl methyl sites for hydroxylation is 1. The number of rotatable bonds is 6. The van der Waals surface area contributed by atoms with Crippen LogP contribution in [0, 0.1) is 25.2 Å². The van der Waals surface area contributed by atoms with Gasteiger partial charge in [0.15, 0.2) is 0 Å². The van der Waals surface area contributed by atoms with E-state index in [-0.39, 0.29) is 18.0 Å². The molecule has 0 radical (unpaired) electrons. The van der Waals surface area contributed by atoms with E-state index < -0.39 is 5.56 Å². The molecule has 0 fully saturated rings. The number of nitriles is 1. The highest BCUT2D eigenvalue weighted by molar-refractivity contribution is 5.75. The van der Waals surface area contributed by atoms with Crippen LogP contribution >= 0.6 is 0 Å². The summed E-state index contributed by atoms with van der Waals surface area (Å²) in [7, 11) is 0. The van der Waals surface area contributed by atoms with Crippen LogP contribution in [0.1, 0.15) is 43.5 Å². The highest BCUT2D eigenvalue weighted by atomic mass is 16.2. The molecule has 0 spiro atoms. The molecule has 0 N–H and O–H groups in total. The number of nitrogens with zero attached hydrogens (tertiary/aromatic N) is 4. The fraction of sp³-hybridized carbons (Fsp3) is 0.600. The Hall–Kier alpha value is -2.16. The van der Waals surface area contributed by atoms with Crippen LogP contribution in [0.5, 0.6) is 0 Å². The molecule has 6 nitrogen and oxygen atoms in total. The van der Waals surface area contributed by atoms with Gasteiger partial charge in [-0.15, -0.1) is 0 Å². The molecule has 21 heavy (non-hydrogen) atoms. The van der Waals surface area contributed by atoms with Crippen LogP contribution in [0.15, 0.2) is 4.79 Å². The summed E-state index contributed by atoms with van der Waals surface area (Å²) in [5, 5.41) is 13.2. The van der Waals surface area contributed by atoms with Crippen LogP contribution in [-0.4, -0.2) is 33.7 Å². The molecule has 6 heteroatoms. The molecule has 114 valence electrons. The Kier molecular flexibility index (Phi) is 6.10. The molecule has 0 aliphatic rings. The quantitative estimate of drug-likeness (QED) is 0.793. The van der Waals surface area contributed by atoms with E-state index in [1.165, 1.54) is 0 Å². The van der Waals surface area contributed by atoms with E-state index in [2.05, 4.69) is 5.10 Å². The van der Waals surface area contributed by atoms with E-state index >= 15 is 0 Å². The van der Waals surface area contributed by atoms with E-state index in [0.717, 1.165) is 17.5 Å². The minimum atomic E-state index is -0.498. The lowest BCUT2D eigenvalue weighted by molar-refractivity contribution is -0.132. The molecule has 0 saturated heterocycles. The molecule has 1 rings (SSSR count). The highest BCUT2D eigenvalue weighted by Crippen LogP contribution is 2.05. The van der Waals surface area contributed by atoms with Gasteiger partial charge in [0, 0.05) is 13.1 Å². The van der Waals surface area contributed by atoms with Gasteiger partial charge in [0.1, 0.15) is 18.2 Å². The van der Waals surface area contributed by atoms with Crippen molar-refractivity contribution in [1.82, 2.24) is 14.7 Å². The summed E-state index contributed by atoms with van der Waals surface area (Å²) in [6, 6.07) is 1.90. The van der Waals surface area contributed by atoms with Crippen LogP contribution in [0.25, 0.3) is 0 Å². The average Bonchev–Trinajstić information content (AvgIpc) is 2.45. The Morgan fingerprint density at radius 1 is 1.29 bits per heavy atom. The zero-order chi connectivity index (χ0) is 16.0. The number of hydrogen-bond donors (Lipinski definition) is 0. The van der Waals surface area contributed by atoms with E-state index in [1.807, 2.05) is 19.9 Å². The van der Waals surface area contributed by atoms with Crippen molar-refractivity contribution in [3.05, 3.63) is 27.2 Å². The van der Waals surface area contributed by atoms with Crippen molar-refractivity contribution in [3.63, 3.8) is 0 Å². The molecule has 0 saturated carbocycles. The summed E-state index contributed by atoms with van der Waals surface area (Å²) in [4.78, 5) is 26.2. The number of aromatic nitrogens is 2. The molecule has 0 aliphatic heterocycles. The summed E-state index contributed by atoms with van der Waals surface area (Å²) >= 11 is 0. The van der Waals surface area contributed by atoms with Gasteiger partial charge in [0.25, 0.3) is 5.56 Å². The predicted octanol–water partition coefficient (Wildman–Crippen LogP) is 1.38. The molecular weight excluding hydrogens is 268 g/mol. The van der Waals surface area contributed by atoms with E-state index in [9.17, 15) is 9.59 Å². The molecule has 0 unspecified atom stereocenters. The first-order chi connectivity index (χ1) is 9.96. The first kappa shape index (κ1) is 16.9. The molecule has 1 heterocycles. The lowest BCUT2D eigenvalue weighted by Crippen LogP contribution is -2.39. The number of carbonyl (C=O) groups excluding carboxylic acids is 1. The third-order valence-corrected chi connectivity index (χ3v) is 3.37. The smallest absolute Gasteiger partial charge is 0.285 e. The first-order valence-corrected chi connectivity index (χ1v) is 7.22. The minimum absolute atomic E-state index is 0.0628. The normalized spacial score (nSPS) is 10.2. The first-order valence-electron chi connectivity index (χ1n) is 7.22. The van der Waals surface area contributed by atoms with Crippen LogP contribution in [-0.2, 0) is 11.3 Å². The van der Waals surface area contributed by atoms with Gasteiger partial charge in [-0.25, -0.2) is 4.68 Å². The van der Waals surface area contributed by atoms with Gasteiger partial charge in [-0.3, -0.25) is 9.59 Å². The maximum atomic E-state index is 12.3. The molecular formula is C15H22N4O2. The fourth-order valence-corrected chi connectivity index (χ4v) is 2.14. The van der Waals surface area contributed by atoms with Crippen molar-refractivity contribution in [3.8, 4) is 6.07 Å². The monoisotopic (exact) mass is 290 g/mol. The molecule has 0 aromatic carbocycles. The Balaban J connectivity index is 3.08. The van der Waals surface area contributed by atoms with Crippen molar-refractivity contribution in [2.45, 2.75) is 47.1 Å². The molecule has 0 bridgehead atoms.